The van der Waals surface area contributed by atoms with Crippen LogP contribution in [0.5, 0.6) is 0 Å². The van der Waals surface area contributed by atoms with Gasteiger partial charge in [0.15, 0.2) is 6.10 Å². The van der Waals surface area contributed by atoms with Crippen LogP contribution in [-0.2, 0) is 32.7 Å². The summed E-state index contributed by atoms with van der Waals surface area (Å²) < 4.78 is 33.4. The van der Waals surface area contributed by atoms with Crippen LogP contribution in [0.2, 0.25) is 0 Å². The van der Waals surface area contributed by atoms with E-state index in [-0.39, 0.29) is 18.9 Å². The Morgan fingerprint density at radius 3 is 1.55 bits per heavy atom. The van der Waals surface area contributed by atoms with Crippen molar-refractivity contribution in [3.8, 4) is 0 Å². The van der Waals surface area contributed by atoms with E-state index < -0.39 is 75.7 Å². The van der Waals surface area contributed by atoms with Gasteiger partial charge in [-0.1, -0.05) is 125 Å². The van der Waals surface area contributed by atoms with E-state index in [2.05, 4.69) is 62.5 Å². The molecule has 0 heterocycles. The van der Waals surface area contributed by atoms with Gasteiger partial charge in [0.1, 0.15) is 43.2 Å². The highest BCUT2D eigenvalue weighted by Crippen LogP contribution is 2.47. The molecular weight excluding hydrogens is 819 g/mol. The van der Waals surface area contributed by atoms with Crippen molar-refractivity contribution in [2.24, 2.45) is 0 Å². The van der Waals surface area contributed by atoms with Crippen LogP contribution in [0.4, 0.5) is 0 Å². The molecule has 0 amide bonds. The second kappa shape index (κ2) is 36.3. The summed E-state index contributed by atoms with van der Waals surface area (Å²) in [6, 6.07) is 0. The van der Waals surface area contributed by atoms with Gasteiger partial charge in [-0.15, -0.1) is 0 Å². The summed E-state index contributed by atoms with van der Waals surface area (Å²) in [7, 11) is -5.16. The minimum absolute atomic E-state index is 0.00910. The molecule has 354 valence electrons. The van der Waals surface area contributed by atoms with Gasteiger partial charge in [-0.25, -0.2) is 4.57 Å². The first-order chi connectivity index (χ1) is 29.8. The molecule has 7 N–H and O–H groups in total. The summed E-state index contributed by atoms with van der Waals surface area (Å²) >= 11 is 0. The first-order valence-electron chi connectivity index (χ1n) is 22.5. The number of carbonyl (C=O) groups excluding carboxylic acids is 2. The molecule has 14 nitrogen and oxygen atoms in total. The van der Waals surface area contributed by atoms with Crippen molar-refractivity contribution in [2.45, 2.75) is 185 Å². The van der Waals surface area contributed by atoms with E-state index in [1.54, 1.807) is 0 Å². The summed E-state index contributed by atoms with van der Waals surface area (Å²) in [6.07, 6.45) is 29.8. The van der Waals surface area contributed by atoms with Crippen molar-refractivity contribution in [1.29, 1.82) is 0 Å². The molecule has 0 bridgehead atoms. The van der Waals surface area contributed by atoms with E-state index in [1.165, 1.54) is 19.3 Å². The lowest BCUT2D eigenvalue weighted by molar-refractivity contribution is -0.220. The molecule has 1 aliphatic carbocycles. The van der Waals surface area contributed by atoms with Crippen LogP contribution in [0.25, 0.3) is 0 Å². The molecule has 0 saturated heterocycles. The van der Waals surface area contributed by atoms with E-state index >= 15 is 0 Å². The molecule has 1 rings (SSSR count). The third-order valence-electron chi connectivity index (χ3n) is 9.78. The highest BCUT2D eigenvalue weighted by atomic mass is 31.2. The van der Waals surface area contributed by atoms with Crippen molar-refractivity contribution in [2.75, 3.05) is 13.2 Å². The number of carbonyl (C=O) groups is 2. The number of phosphoric acid groups is 1. The third-order valence-corrected chi connectivity index (χ3v) is 10.8. The molecule has 0 aliphatic heterocycles. The maximum absolute atomic E-state index is 12.8. The predicted molar refractivity (Wildman–Crippen MR) is 241 cm³/mol. The van der Waals surface area contributed by atoms with E-state index in [0.717, 1.165) is 70.6 Å². The molecule has 0 aromatic rings. The number of allylic oxidation sites excluding steroid dienone is 13. The normalized spacial score (nSPS) is 23.2. The number of esters is 2. The lowest BCUT2D eigenvalue weighted by Crippen LogP contribution is -2.64. The van der Waals surface area contributed by atoms with Crippen molar-refractivity contribution in [3.63, 3.8) is 0 Å². The van der Waals surface area contributed by atoms with Crippen LogP contribution >= 0.6 is 7.82 Å². The second-order valence-corrected chi connectivity index (χ2v) is 16.8. The number of unbranched alkanes of at least 4 members (excludes halogenated alkanes) is 7. The van der Waals surface area contributed by atoms with Gasteiger partial charge in [-0.05, 0) is 83.5 Å². The summed E-state index contributed by atoms with van der Waals surface area (Å²) in [4.78, 5) is 35.6. The first kappa shape index (κ1) is 57.0. The Hall–Kier alpha value is -3.01. The van der Waals surface area contributed by atoms with Crippen molar-refractivity contribution in [1.82, 2.24) is 0 Å². The zero-order valence-electron chi connectivity index (χ0n) is 37.0. The minimum atomic E-state index is -5.16. The summed E-state index contributed by atoms with van der Waals surface area (Å²) in [5, 5.41) is 59.9. The van der Waals surface area contributed by atoms with Gasteiger partial charge in [0.25, 0.3) is 0 Å². The Bertz CT molecular complexity index is 1420. The highest BCUT2D eigenvalue weighted by molar-refractivity contribution is 7.47. The first-order valence-corrected chi connectivity index (χ1v) is 24.0. The Labute approximate surface area is 370 Å². The van der Waals surface area contributed by atoms with Gasteiger partial charge in [0, 0.05) is 12.8 Å². The molecule has 62 heavy (non-hydrogen) atoms. The van der Waals surface area contributed by atoms with Crippen LogP contribution < -0.4 is 0 Å². The van der Waals surface area contributed by atoms with Crippen LogP contribution in [-0.4, -0.2) is 110 Å². The van der Waals surface area contributed by atoms with E-state index in [9.17, 15) is 49.7 Å². The largest absolute Gasteiger partial charge is 0.472 e. The topological polar surface area (TPSA) is 230 Å². The molecule has 1 aliphatic rings. The lowest BCUT2D eigenvalue weighted by atomic mass is 9.85. The average molecular weight is 897 g/mol. The van der Waals surface area contributed by atoms with Gasteiger partial charge in [-0.3, -0.25) is 18.6 Å². The molecule has 9 atom stereocenters. The zero-order valence-corrected chi connectivity index (χ0v) is 37.9. The molecule has 0 radical (unpaired) electrons. The maximum Gasteiger partial charge on any atom is 0.472 e. The molecule has 0 aromatic carbocycles. The summed E-state index contributed by atoms with van der Waals surface area (Å²) in [5.41, 5.74) is 0. The van der Waals surface area contributed by atoms with Crippen molar-refractivity contribution >= 4 is 19.8 Å². The Morgan fingerprint density at radius 2 is 1.02 bits per heavy atom. The fourth-order valence-electron chi connectivity index (χ4n) is 6.07. The van der Waals surface area contributed by atoms with E-state index in [1.807, 2.05) is 36.5 Å². The number of phosphoric ester groups is 1. The molecule has 0 spiro atoms. The molecule has 0 aromatic heterocycles. The van der Waals surface area contributed by atoms with Gasteiger partial charge in [-0.2, -0.15) is 0 Å². The predicted octanol–water partition coefficient (Wildman–Crippen LogP) is 7.47. The number of rotatable bonds is 35. The van der Waals surface area contributed by atoms with Gasteiger partial charge >= 0.3 is 19.8 Å². The van der Waals surface area contributed by atoms with E-state index in [0.29, 0.717) is 19.3 Å². The van der Waals surface area contributed by atoms with Crippen molar-refractivity contribution < 1.29 is 68.2 Å². The van der Waals surface area contributed by atoms with Gasteiger partial charge < -0.3 is 45.0 Å². The number of ether oxygens (including phenoxy) is 2. The number of aliphatic hydroxyl groups excluding tert-OH is 6. The fraction of sp³-hybridized carbons (Fsp3) is 0.660. The number of hydrogen-bond acceptors (Lipinski definition) is 13. The standard InChI is InChI=1S/C47H77O14P/c1-3-5-7-8-9-10-11-12-13-14-18-21-24-27-30-34-40(49)58-36-39(37-59-62(56,57)61-47-45(54)43(52)42(51)44(53)46(47)55)60-41(50)35-31-28-25-22-19-16-15-17-20-23-26-29-33-38(48)32-6-4-2/h9-10,12-13,15-16,18,20-23,25,29,33,38-39,42-48,51-55H,3-8,11,14,17,19,24,26-28,30-32,34-37H2,1-2H3,(H,56,57)/b10-9-,13-12-,16-15-,21-18-,23-20-,25-22-,33-29-/t38-,39-,42?,43-,44+,45-,46-,47?/m1/s1. The minimum Gasteiger partial charge on any atom is -0.462 e. The summed E-state index contributed by atoms with van der Waals surface area (Å²) in [6.45, 7) is 3.01. The van der Waals surface area contributed by atoms with Crippen LogP contribution in [0.3, 0.4) is 0 Å². The fourth-order valence-corrected chi connectivity index (χ4v) is 7.04. The smallest absolute Gasteiger partial charge is 0.462 e. The SMILES string of the molecule is CCCCC/C=C\C/C=C\C/C=C\CCCCC(=O)OC[C@H](COP(=O)(O)OC1[C@H](O)[C@H](O)C(O)[C@H](O)[C@H]1O)OC(=O)CCC/C=C\C/C=C\C/C=C\C/C=C\[C@H](O)CCCC. The van der Waals surface area contributed by atoms with Crippen LogP contribution in [0, 0.1) is 0 Å². The maximum atomic E-state index is 12.8. The Balaban J connectivity index is 2.57. The van der Waals surface area contributed by atoms with E-state index in [4.69, 9.17) is 18.5 Å². The third kappa shape index (κ3) is 28.6. The Morgan fingerprint density at radius 1 is 0.565 bits per heavy atom. The average Bonchev–Trinajstić information content (AvgIpc) is 3.25. The summed E-state index contributed by atoms with van der Waals surface area (Å²) in [5.74, 6) is -1.24. The molecular formula is C47H77O14P. The molecule has 1 saturated carbocycles. The Kier molecular flexibility index (Phi) is 33.4. The van der Waals surface area contributed by atoms with Crippen LogP contribution in [0.1, 0.15) is 136 Å². The zero-order chi connectivity index (χ0) is 45.9. The lowest BCUT2D eigenvalue weighted by Gasteiger charge is -2.41. The van der Waals surface area contributed by atoms with Crippen LogP contribution in [0.15, 0.2) is 85.1 Å². The van der Waals surface area contributed by atoms with Crippen molar-refractivity contribution in [3.05, 3.63) is 85.1 Å². The number of aliphatic hydroxyl groups is 6. The number of hydrogen-bond donors (Lipinski definition) is 7. The quantitative estimate of drug-likeness (QED) is 0.0142. The molecule has 3 unspecified atom stereocenters. The highest BCUT2D eigenvalue weighted by Gasteiger charge is 2.51. The van der Waals surface area contributed by atoms with Gasteiger partial charge in [0.2, 0.25) is 0 Å². The molecule has 1 fully saturated rings. The molecule has 15 heteroatoms. The van der Waals surface area contributed by atoms with Gasteiger partial charge in [0.05, 0.1) is 12.7 Å². The second-order valence-electron chi connectivity index (χ2n) is 15.4. The monoisotopic (exact) mass is 897 g/mol.